The van der Waals surface area contributed by atoms with Gasteiger partial charge in [-0.1, -0.05) is 60.1 Å². The van der Waals surface area contributed by atoms with Crippen LogP contribution in [-0.2, 0) is 13.9 Å². The number of carboxylic acid groups (broad SMARTS) is 1. The highest BCUT2D eigenvalue weighted by Crippen LogP contribution is 2.77. The summed E-state index contributed by atoms with van der Waals surface area (Å²) in [7, 11) is -5.10. The molecule has 0 spiro atoms. The minimum Gasteiger partial charge on any atom is -0.481 e. The second-order valence-electron chi connectivity index (χ2n) is 15.2. The van der Waals surface area contributed by atoms with E-state index in [9.17, 15) is 24.3 Å². The van der Waals surface area contributed by atoms with Crippen LogP contribution in [0.4, 0.5) is 8.78 Å². The molecule has 9 heteroatoms. The SMILES string of the molecule is CC1CCC2(C(=O)O)CCC3(C)C(=CCC4C5(C)CCC(F)(OP(=O)(O)O)C(C)(C)C5CC(F)C43C)C2C1C. The lowest BCUT2D eigenvalue weighted by atomic mass is 9.33. The Labute approximate surface area is 231 Å². The fraction of sp³-hybridized carbons (Fsp3) is 0.900. The average molecular weight is 573 g/mol. The zero-order valence-electron chi connectivity index (χ0n) is 24.5. The van der Waals surface area contributed by atoms with Gasteiger partial charge >= 0.3 is 13.8 Å². The number of carbonyl (C=O) groups is 1. The minimum atomic E-state index is -5.10. The molecular formula is C30H47F2O6P. The molecule has 0 aromatic carbocycles. The predicted molar refractivity (Wildman–Crippen MR) is 144 cm³/mol. The number of halogens is 2. The molecule has 0 radical (unpaired) electrons. The molecule has 6 nitrogen and oxygen atoms in total. The summed E-state index contributed by atoms with van der Waals surface area (Å²) in [5, 5.41) is 10.5. The Morgan fingerprint density at radius 2 is 1.67 bits per heavy atom. The number of phosphoric acid groups is 1. The second-order valence-corrected chi connectivity index (χ2v) is 16.3. The summed E-state index contributed by atoms with van der Waals surface area (Å²) in [6, 6.07) is 0. The molecule has 5 aliphatic rings. The van der Waals surface area contributed by atoms with Crippen LogP contribution in [0.2, 0.25) is 0 Å². The Morgan fingerprint density at radius 3 is 2.26 bits per heavy atom. The van der Waals surface area contributed by atoms with Crippen molar-refractivity contribution in [1.82, 2.24) is 0 Å². The molecule has 4 fully saturated rings. The summed E-state index contributed by atoms with van der Waals surface area (Å²) in [4.78, 5) is 31.8. The third-order valence-corrected chi connectivity index (χ3v) is 14.3. The Bertz CT molecular complexity index is 1140. The Hall–Kier alpha value is -0.820. The van der Waals surface area contributed by atoms with Crippen LogP contribution in [0.1, 0.15) is 99.8 Å². The number of hydrogen-bond acceptors (Lipinski definition) is 3. The maximum absolute atomic E-state index is 17.0. The number of rotatable bonds is 3. The standard InChI is InChI=1S/C30H47F2O6P/c1-17-10-11-29(24(33)34)14-13-27(6)19(23(29)18(17)2)8-9-20-26(5)12-15-30(32,38-39(35,36)37)25(3,4)21(26)16-22(31)28(20,27)7/h8,17-18,20-23H,9-16H2,1-7H3,(H,33,34)(H2,35,36,37). The lowest BCUT2D eigenvalue weighted by Gasteiger charge is -2.72. The smallest absolute Gasteiger partial charge is 0.472 e. The van der Waals surface area contributed by atoms with Crippen molar-refractivity contribution in [3.05, 3.63) is 11.6 Å². The van der Waals surface area contributed by atoms with Crippen LogP contribution in [0.3, 0.4) is 0 Å². The highest BCUT2D eigenvalue weighted by molar-refractivity contribution is 7.46. The average Bonchev–Trinajstić information content (AvgIpc) is 2.81. The van der Waals surface area contributed by atoms with E-state index >= 15 is 8.78 Å². The summed E-state index contributed by atoms with van der Waals surface area (Å²) in [5.74, 6) is -3.48. The van der Waals surface area contributed by atoms with Gasteiger partial charge in [0.05, 0.1) is 5.41 Å². The first kappa shape index (κ1) is 29.7. The lowest BCUT2D eigenvalue weighted by molar-refractivity contribution is -0.284. The number of carboxylic acids is 1. The molecule has 0 amide bonds. The van der Waals surface area contributed by atoms with E-state index in [4.69, 9.17) is 4.52 Å². The molecule has 0 aromatic rings. The first-order chi connectivity index (χ1) is 17.7. The van der Waals surface area contributed by atoms with E-state index in [-0.39, 0.29) is 30.6 Å². The summed E-state index contributed by atoms with van der Waals surface area (Å²) < 4.78 is 49.8. The highest BCUT2D eigenvalue weighted by Gasteiger charge is 2.74. The Kier molecular flexibility index (Phi) is 6.55. The van der Waals surface area contributed by atoms with Crippen molar-refractivity contribution in [2.45, 2.75) is 112 Å². The third-order valence-electron chi connectivity index (χ3n) is 13.8. The maximum atomic E-state index is 17.0. The molecular weight excluding hydrogens is 525 g/mol. The van der Waals surface area contributed by atoms with Gasteiger partial charge in [-0.2, -0.15) is 0 Å². The van der Waals surface area contributed by atoms with Crippen LogP contribution in [-0.4, -0.2) is 32.9 Å². The summed E-state index contributed by atoms with van der Waals surface area (Å²) >= 11 is 0. The van der Waals surface area contributed by atoms with Crippen LogP contribution < -0.4 is 0 Å². The number of hydrogen-bond donors (Lipinski definition) is 3. The number of alkyl halides is 2. The molecule has 11 unspecified atom stereocenters. The van der Waals surface area contributed by atoms with Crippen LogP contribution in [0.5, 0.6) is 0 Å². The molecule has 5 aliphatic carbocycles. The van der Waals surface area contributed by atoms with Crippen molar-refractivity contribution >= 4 is 13.8 Å². The first-order valence-corrected chi connectivity index (χ1v) is 16.3. The van der Waals surface area contributed by atoms with Crippen LogP contribution >= 0.6 is 7.82 Å². The van der Waals surface area contributed by atoms with Crippen molar-refractivity contribution in [2.24, 2.45) is 56.7 Å². The largest absolute Gasteiger partial charge is 0.481 e. The lowest BCUT2D eigenvalue weighted by Crippen LogP contribution is -2.70. The van der Waals surface area contributed by atoms with Crippen LogP contribution in [0.25, 0.3) is 0 Å². The maximum Gasteiger partial charge on any atom is 0.472 e. The molecule has 0 bridgehead atoms. The molecule has 0 heterocycles. The molecule has 39 heavy (non-hydrogen) atoms. The van der Waals surface area contributed by atoms with Crippen molar-refractivity contribution in [3.63, 3.8) is 0 Å². The van der Waals surface area contributed by atoms with Gasteiger partial charge in [-0.05, 0) is 85.4 Å². The topological polar surface area (TPSA) is 104 Å². The van der Waals surface area contributed by atoms with Gasteiger partial charge in [0.2, 0.25) is 5.85 Å². The van der Waals surface area contributed by atoms with Gasteiger partial charge in [0.1, 0.15) is 6.17 Å². The van der Waals surface area contributed by atoms with Crippen molar-refractivity contribution in [3.8, 4) is 0 Å². The fourth-order valence-corrected chi connectivity index (χ4v) is 11.7. The zero-order valence-corrected chi connectivity index (χ0v) is 25.4. The van der Waals surface area contributed by atoms with E-state index in [1.807, 2.05) is 0 Å². The fourth-order valence-electron chi connectivity index (χ4n) is 11.0. The second kappa shape index (κ2) is 8.61. The summed E-state index contributed by atoms with van der Waals surface area (Å²) in [6.07, 6.45) is 4.46. The van der Waals surface area contributed by atoms with Gasteiger partial charge in [-0.25, -0.2) is 17.9 Å². The quantitative estimate of drug-likeness (QED) is 0.240. The van der Waals surface area contributed by atoms with Crippen LogP contribution in [0.15, 0.2) is 11.6 Å². The van der Waals surface area contributed by atoms with E-state index in [0.717, 1.165) is 12.0 Å². The molecule has 0 aliphatic heterocycles. The van der Waals surface area contributed by atoms with Crippen molar-refractivity contribution < 1.29 is 37.6 Å². The van der Waals surface area contributed by atoms with Gasteiger partial charge in [0, 0.05) is 17.3 Å². The number of aliphatic carboxylic acids is 1. The normalized spacial score (nSPS) is 52.9. The Balaban J connectivity index is 1.61. The third kappa shape index (κ3) is 3.66. The summed E-state index contributed by atoms with van der Waals surface area (Å²) in [5.41, 5.74) is -2.80. The molecule has 4 saturated carbocycles. The summed E-state index contributed by atoms with van der Waals surface area (Å²) in [6.45, 7) is 13.9. The van der Waals surface area contributed by atoms with Gasteiger partial charge in [0.25, 0.3) is 0 Å². The van der Waals surface area contributed by atoms with Gasteiger partial charge < -0.3 is 14.9 Å². The number of fused-ring (bicyclic) bond motifs is 7. The monoisotopic (exact) mass is 572 g/mol. The highest BCUT2D eigenvalue weighted by atomic mass is 31.2. The van der Waals surface area contributed by atoms with E-state index in [2.05, 4.69) is 40.7 Å². The Morgan fingerprint density at radius 1 is 1.03 bits per heavy atom. The number of allylic oxidation sites excluding steroid dienone is 2. The number of phosphoric ester groups is 1. The van der Waals surface area contributed by atoms with E-state index in [1.165, 1.54) is 0 Å². The van der Waals surface area contributed by atoms with Crippen LogP contribution in [0, 0.1) is 56.7 Å². The predicted octanol–water partition coefficient (Wildman–Crippen LogP) is 7.45. The minimum absolute atomic E-state index is 0.0796. The molecule has 222 valence electrons. The van der Waals surface area contributed by atoms with E-state index in [1.54, 1.807) is 13.8 Å². The van der Waals surface area contributed by atoms with E-state index in [0.29, 0.717) is 38.0 Å². The van der Waals surface area contributed by atoms with Gasteiger partial charge in [0.15, 0.2) is 0 Å². The van der Waals surface area contributed by atoms with E-state index < -0.39 is 58.8 Å². The van der Waals surface area contributed by atoms with Crippen molar-refractivity contribution in [1.29, 1.82) is 0 Å². The molecule has 5 rings (SSSR count). The molecule has 0 saturated heterocycles. The zero-order chi connectivity index (χ0) is 29.2. The molecule has 3 N–H and O–H groups in total. The first-order valence-electron chi connectivity index (χ1n) is 14.7. The molecule has 0 aromatic heterocycles. The van der Waals surface area contributed by atoms with Gasteiger partial charge in [-0.3, -0.25) is 4.79 Å². The van der Waals surface area contributed by atoms with Crippen molar-refractivity contribution in [2.75, 3.05) is 0 Å². The van der Waals surface area contributed by atoms with Gasteiger partial charge in [-0.15, -0.1) is 0 Å². The molecule has 11 atom stereocenters.